The van der Waals surface area contributed by atoms with Gasteiger partial charge in [0.25, 0.3) is 0 Å². The molecule has 0 radical (unpaired) electrons. The summed E-state index contributed by atoms with van der Waals surface area (Å²) < 4.78 is 3.97. The van der Waals surface area contributed by atoms with Gasteiger partial charge in [-0.05, 0) is 38.3 Å². The monoisotopic (exact) mass is 346 g/mol. The van der Waals surface area contributed by atoms with Gasteiger partial charge in [0.05, 0.1) is 17.3 Å². The molecule has 25 heavy (non-hydrogen) atoms. The van der Waals surface area contributed by atoms with E-state index in [1.807, 2.05) is 11.6 Å². The maximum atomic E-state index is 11.0. The molecule has 1 atom stereocenters. The van der Waals surface area contributed by atoms with E-state index < -0.39 is 5.60 Å². The summed E-state index contributed by atoms with van der Waals surface area (Å²) in [7, 11) is 1.92. The first-order valence-corrected chi connectivity index (χ1v) is 9.34. The van der Waals surface area contributed by atoms with Crippen molar-refractivity contribution in [3.05, 3.63) is 30.1 Å². The fourth-order valence-corrected chi connectivity index (χ4v) is 3.80. The number of hydrogen-bond acceptors (Lipinski definition) is 5. The first kappa shape index (κ1) is 18.1. The molecule has 138 valence electrons. The Bertz CT molecular complexity index is 677. The van der Waals surface area contributed by atoms with Gasteiger partial charge in [0.15, 0.2) is 0 Å². The van der Waals surface area contributed by atoms with E-state index in [2.05, 4.69) is 45.9 Å². The lowest BCUT2D eigenvalue weighted by atomic mass is 9.89. The highest BCUT2D eigenvalue weighted by Gasteiger charge is 2.35. The predicted octanol–water partition coefficient (Wildman–Crippen LogP) is 1.94. The minimum Gasteiger partial charge on any atom is -0.388 e. The normalized spacial score (nSPS) is 22.0. The molecule has 0 spiro atoms. The zero-order chi connectivity index (χ0) is 17.9. The summed E-state index contributed by atoms with van der Waals surface area (Å²) in [5.41, 5.74) is 0.339. The van der Waals surface area contributed by atoms with Gasteiger partial charge in [-0.15, -0.1) is 10.2 Å². The van der Waals surface area contributed by atoms with Crippen LogP contribution in [0.25, 0.3) is 0 Å². The van der Waals surface area contributed by atoms with E-state index in [9.17, 15) is 5.11 Å². The first-order chi connectivity index (χ1) is 12.0. The quantitative estimate of drug-likeness (QED) is 0.829. The molecule has 0 amide bonds. The van der Waals surface area contributed by atoms with E-state index in [0.717, 1.165) is 50.3 Å². The van der Waals surface area contributed by atoms with Crippen LogP contribution in [0.5, 0.6) is 0 Å². The third-order valence-corrected chi connectivity index (χ3v) is 5.29. The van der Waals surface area contributed by atoms with Crippen LogP contribution in [0.3, 0.4) is 0 Å². The lowest BCUT2D eigenvalue weighted by Gasteiger charge is -2.38. The van der Waals surface area contributed by atoms with Gasteiger partial charge < -0.3 is 9.67 Å². The van der Waals surface area contributed by atoms with Crippen LogP contribution < -0.4 is 0 Å². The fourth-order valence-electron chi connectivity index (χ4n) is 3.80. The number of aliphatic hydroxyl groups is 1. The molecule has 3 heterocycles. The second-order valence-corrected chi connectivity index (χ2v) is 7.33. The highest BCUT2D eigenvalue weighted by molar-refractivity contribution is 5.03. The van der Waals surface area contributed by atoms with Crippen molar-refractivity contribution in [2.45, 2.75) is 64.1 Å². The molecule has 1 fully saturated rings. The van der Waals surface area contributed by atoms with Crippen molar-refractivity contribution in [3.8, 4) is 0 Å². The summed E-state index contributed by atoms with van der Waals surface area (Å²) in [6.45, 7) is 6.84. The van der Waals surface area contributed by atoms with E-state index >= 15 is 0 Å². The molecular weight excluding hydrogens is 316 g/mol. The number of aromatic nitrogens is 5. The van der Waals surface area contributed by atoms with Crippen LogP contribution in [0.2, 0.25) is 0 Å². The SMILES string of the molecule is CCC(CC)n1ccc(CN2CCCC(O)(Cc3nncn3C)C2)n1. The topological polar surface area (TPSA) is 72.0 Å². The Labute approximate surface area is 149 Å². The Morgan fingerprint density at radius 1 is 1.32 bits per heavy atom. The molecule has 7 nitrogen and oxygen atoms in total. The van der Waals surface area contributed by atoms with Crippen molar-refractivity contribution >= 4 is 0 Å². The Morgan fingerprint density at radius 2 is 2.12 bits per heavy atom. The third kappa shape index (κ3) is 4.27. The van der Waals surface area contributed by atoms with E-state index in [1.165, 1.54) is 0 Å². The summed E-state index contributed by atoms with van der Waals surface area (Å²) in [6, 6.07) is 2.58. The van der Waals surface area contributed by atoms with Crippen molar-refractivity contribution in [3.63, 3.8) is 0 Å². The number of hydrogen-bond donors (Lipinski definition) is 1. The lowest BCUT2D eigenvalue weighted by Crippen LogP contribution is -2.49. The maximum absolute atomic E-state index is 11.0. The van der Waals surface area contributed by atoms with Gasteiger partial charge in [0.2, 0.25) is 0 Å². The van der Waals surface area contributed by atoms with E-state index in [4.69, 9.17) is 5.10 Å². The largest absolute Gasteiger partial charge is 0.388 e. The van der Waals surface area contributed by atoms with E-state index in [-0.39, 0.29) is 0 Å². The number of β-amino-alcohol motifs (C(OH)–C–C–N with tert-alkyl or cyclic N) is 1. The third-order valence-electron chi connectivity index (χ3n) is 5.29. The molecule has 0 aliphatic carbocycles. The number of nitrogens with zero attached hydrogens (tertiary/aromatic N) is 6. The van der Waals surface area contributed by atoms with Crippen LogP contribution in [-0.2, 0) is 20.0 Å². The minimum atomic E-state index is -0.739. The zero-order valence-electron chi connectivity index (χ0n) is 15.6. The van der Waals surface area contributed by atoms with Crippen LogP contribution in [0.15, 0.2) is 18.6 Å². The summed E-state index contributed by atoms with van der Waals surface area (Å²) in [6.07, 6.45) is 8.30. The number of likely N-dealkylation sites (tertiary alicyclic amines) is 1. The maximum Gasteiger partial charge on any atom is 0.135 e. The lowest BCUT2D eigenvalue weighted by molar-refractivity contribution is -0.0348. The minimum absolute atomic E-state index is 0.475. The summed E-state index contributed by atoms with van der Waals surface area (Å²) in [5, 5.41) is 23.8. The predicted molar refractivity (Wildman–Crippen MR) is 96.0 cm³/mol. The van der Waals surface area contributed by atoms with Crippen molar-refractivity contribution in [2.24, 2.45) is 7.05 Å². The van der Waals surface area contributed by atoms with Gasteiger partial charge in [0.1, 0.15) is 12.2 Å². The molecule has 7 heteroatoms. The van der Waals surface area contributed by atoms with Crippen molar-refractivity contribution in [1.82, 2.24) is 29.4 Å². The van der Waals surface area contributed by atoms with Gasteiger partial charge in [-0.1, -0.05) is 13.8 Å². The van der Waals surface area contributed by atoms with Gasteiger partial charge in [-0.3, -0.25) is 9.58 Å². The van der Waals surface area contributed by atoms with Gasteiger partial charge in [-0.2, -0.15) is 5.10 Å². The van der Waals surface area contributed by atoms with Crippen LogP contribution in [0, 0.1) is 0 Å². The second-order valence-electron chi connectivity index (χ2n) is 7.33. The standard InChI is InChI=1S/C18H30N6O/c1-4-16(5-2)24-10-7-15(21-24)12-23-9-6-8-18(25,13-23)11-17-20-19-14-22(17)3/h7,10,14,16,25H,4-6,8-9,11-13H2,1-3H3. The summed E-state index contributed by atoms with van der Waals surface area (Å²) in [5.74, 6) is 0.836. The number of aryl methyl sites for hydroxylation is 1. The molecule has 2 aromatic heterocycles. The fraction of sp³-hybridized carbons (Fsp3) is 0.722. The average molecular weight is 346 g/mol. The Balaban J connectivity index is 1.62. The Morgan fingerprint density at radius 3 is 2.80 bits per heavy atom. The first-order valence-electron chi connectivity index (χ1n) is 9.34. The molecule has 0 aromatic carbocycles. The van der Waals surface area contributed by atoms with E-state index in [1.54, 1.807) is 6.33 Å². The number of piperidine rings is 1. The van der Waals surface area contributed by atoms with Crippen LogP contribution in [0.1, 0.15) is 57.1 Å². The van der Waals surface area contributed by atoms with Gasteiger partial charge >= 0.3 is 0 Å². The molecular formula is C18H30N6O. The smallest absolute Gasteiger partial charge is 0.135 e. The molecule has 0 saturated carbocycles. The number of rotatable bonds is 7. The highest BCUT2D eigenvalue weighted by Crippen LogP contribution is 2.25. The van der Waals surface area contributed by atoms with Crippen LogP contribution in [0.4, 0.5) is 0 Å². The molecule has 1 N–H and O–H groups in total. The highest BCUT2D eigenvalue weighted by atomic mass is 16.3. The Hall–Kier alpha value is -1.73. The zero-order valence-corrected chi connectivity index (χ0v) is 15.6. The summed E-state index contributed by atoms with van der Waals surface area (Å²) >= 11 is 0. The molecule has 3 rings (SSSR count). The molecule has 1 aliphatic rings. The van der Waals surface area contributed by atoms with Crippen LogP contribution in [-0.4, -0.2) is 53.2 Å². The van der Waals surface area contributed by atoms with Gasteiger partial charge in [-0.25, -0.2) is 0 Å². The molecule has 1 unspecified atom stereocenters. The molecule has 1 aliphatic heterocycles. The van der Waals surface area contributed by atoms with Crippen molar-refractivity contribution in [1.29, 1.82) is 0 Å². The van der Waals surface area contributed by atoms with Gasteiger partial charge in [0, 0.05) is 32.8 Å². The average Bonchev–Trinajstić information content (AvgIpc) is 3.18. The molecule has 2 aromatic rings. The van der Waals surface area contributed by atoms with Crippen molar-refractivity contribution in [2.75, 3.05) is 13.1 Å². The van der Waals surface area contributed by atoms with Crippen molar-refractivity contribution < 1.29 is 5.11 Å². The van der Waals surface area contributed by atoms with E-state index in [0.29, 0.717) is 19.0 Å². The Kier molecular flexibility index (Phi) is 5.54. The molecule has 0 bridgehead atoms. The van der Waals surface area contributed by atoms with Crippen LogP contribution >= 0.6 is 0 Å². The second kappa shape index (κ2) is 7.66. The summed E-state index contributed by atoms with van der Waals surface area (Å²) in [4.78, 5) is 2.30. The molecule has 1 saturated heterocycles.